The van der Waals surface area contributed by atoms with Crippen LogP contribution in [0.5, 0.6) is 5.75 Å². The van der Waals surface area contributed by atoms with Gasteiger partial charge in [-0.1, -0.05) is 15.9 Å². The molecule has 5 heteroatoms. The second kappa shape index (κ2) is 4.37. The number of halogens is 1. The molecule has 2 rings (SSSR count). The van der Waals surface area contributed by atoms with Crippen LogP contribution in [0.15, 0.2) is 22.7 Å². The largest absolute Gasteiger partial charge is 0.489 e. The Hall–Kier alpha value is -0.550. The van der Waals surface area contributed by atoms with E-state index < -0.39 is 9.84 Å². The van der Waals surface area contributed by atoms with E-state index in [1.54, 1.807) is 0 Å². The van der Waals surface area contributed by atoms with Gasteiger partial charge in [-0.05, 0) is 37.1 Å². The molecule has 1 atom stereocenters. The van der Waals surface area contributed by atoms with Crippen molar-refractivity contribution in [1.82, 2.24) is 0 Å². The molecule has 0 saturated carbocycles. The minimum absolute atomic E-state index is 0.141. The second-order valence-electron chi connectivity index (χ2n) is 4.05. The molecule has 0 bridgehead atoms. The normalized spacial score (nSPS) is 23.2. The molecule has 16 heavy (non-hydrogen) atoms. The summed E-state index contributed by atoms with van der Waals surface area (Å²) >= 11 is 3.38. The van der Waals surface area contributed by atoms with Crippen LogP contribution in [0.25, 0.3) is 0 Å². The third kappa shape index (κ3) is 2.77. The number of hydrogen-bond acceptors (Lipinski definition) is 3. The maximum atomic E-state index is 11.3. The molecule has 1 aliphatic heterocycles. The maximum Gasteiger partial charge on any atom is 0.154 e. The highest BCUT2D eigenvalue weighted by molar-refractivity contribution is 9.10. The first-order chi connectivity index (χ1) is 7.46. The molecule has 0 N–H and O–H groups in total. The molecule has 0 spiro atoms. The summed E-state index contributed by atoms with van der Waals surface area (Å²) in [7, 11) is -2.87. The highest BCUT2D eigenvalue weighted by Gasteiger charge is 2.29. The van der Waals surface area contributed by atoms with Crippen molar-refractivity contribution < 1.29 is 13.2 Å². The zero-order valence-corrected chi connectivity index (χ0v) is 11.3. The standard InChI is InChI=1S/C11H13BrO3S/c1-8-6-9(12)2-3-11(8)15-10-4-5-16(13,14)7-10/h2-3,6,10H,4-5,7H2,1H3. The number of benzene rings is 1. The molecule has 3 nitrogen and oxygen atoms in total. The number of aryl methyl sites for hydroxylation is 1. The third-order valence-electron chi connectivity index (χ3n) is 2.62. The minimum atomic E-state index is -2.87. The molecular formula is C11H13BrO3S. The highest BCUT2D eigenvalue weighted by Crippen LogP contribution is 2.25. The average molecular weight is 305 g/mol. The van der Waals surface area contributed by atoms with Gasteiger partial charge in [-0.15, -0.1) is 0 Å². The van der Waals surface area contributed by atoms with Crippen molar-refractivity contribution in [3.05, 3.63) is 28.2 Å². The van der Waals surface area contributed by atoms with E-state index in [1.165, 1.54) is 0 Å². The molecule has 1 aromatic rings. The zero-order chi connectivity index (χ0) is 11.8. The first-order valence-electron chi connectivity index (χ1n) is 5.09. The quantitative estimate of drug-likeness (QED) is 0.842. The van der Waals surface area contributed by atoms with E-state index >= 15 is 0 Å². The van der Waals surface area contributed by atoms with Gasteiger partial charge in [-0.2, -0.15) is 0 Å². The van der Waals surface area contributed by atoms with Gasteiger partial charge in [0.2, 0.25) is 0 Å². The minimum Gasteiger partial charge on any atom is -0.489 e. The number of sulfone groups is 1. The summed E-state index contributed by atoms with van der Waals surface area (Å²) in [6.45, 7) is 1.95. The molecule has 0 aliphatic carbocycles. The Morgan fingerprint density at radius 3 is 2.75 bits per heavy atom. The molecule has 1 fully saturated rings. The van der Waals surface area contributed by atoms with Crippen LogP contribution >= 0.6 is 15.9 Å². The third-order valence-corrected chi connectivity index (χ3v) is 4.85. The highest BCUT2D eigenvalue weighted by atomic mass is 79.9. The molecular weight excluding hydrogens is 292 g/mol. The molecule has 0 radical (unpaired) electrons. The molecule has 1 aliphatic rings. The molecule has 88 valence electrons. The Morgan fingerprint density at radius 1 is 1.44 bits per heavy atom. The Balaban J connectivity index is 2.11. The first-order valence-corrected chi connectivity index (χ1v) is 7.71. The van der Waals surface area contributed by atoms with E-state index in [0.29, 0.717) is 6.42 Å². The summed E-state index contributed by atoms with van der Waals surface area (Å²) in [5.41, 5.74) is 1.01. The Morgan fingerprint density at radius 2 is 2.19 bits per heavy atom. The number of ether oxygens (including phenoxy) is 1. The van der Waals surface area contributed by atoms with Crippen molar-refractivity contribution in [1.29, 1.82) is 0 Å². The van der Waals surface area contributed by atoms with Gasteiger partial charge in [0.05, 0.1) is 11.5 Å². The fourth-order valence-electron chi connectivity index (χ4n) is 1.78. The number of hydrogen-bond donors (Lipinski definition) is 0. The summed E-state index contributed by atoms with van der Waals surface area (Å²) in [5, 5.41) is 0. The summed E-state index contributed by atoms with van der Waals surface area (Å²) in [6.07, 6.45) is 0.405. The fraction of sp³-hybridized carbons (Fsp3) is 0.455. The van der Waals surface area contributed by atoms with Crippen LogP contribution in [0.2, 0.25) is 0 Å². The maximum absolute atomic E-state index is 11.3. The lowest BCUT2D eigenvalue weighted by Crippen LogP contribution is -2.18. The molecule has 1 heterocycles. The summed E-state index contributed by atoms with van der Waals surface area (Å²) in [6, 6.07) is 5.72. The zero-order valence-electron chi connectivity index (χ0n) is 8.94. The van der Waals surface area contributed by atoms with Gasteiger partial charge < -0.3 is 4.74 Å². The number of rotatable bonds is 2. The van der Waals surface area contributed by atoms with E-state index in [1.807, 2.05) is 25.1 Å². The van der Waals surface area contributed by atoms with Crippen LogP contribution in [0.1, 0.15) is 12.0 Å². The van der Waals surface area contributed by atoms with Gasteiger partial charge in [0.25, 0.3) is 0 Å². The summed E-state index contributed by atoms with van der Waals surface area (Å²) in [4.78, 5) is 0. The van der Waals surface area contributed by atoms with E-state index in [4.69, 9.17) is 4.74 Å². The molecule has 1 saturated heterocycles. The van der Waals surface area contributed by atoms with E-state index in [-0.39, 0.29) is 17.6 Å². The van der Waals surface area contributed by atoms with Gasteiger partial charge in [0, 0.05) is 4.47 Å². The van der Waals surface area contributed by atoms with Gasteiger partial charge in [-0.25, -0.2) is 8.42 Å². The average Bonchev–Trinajstić information content (AvgIpc) is 2.51. The Bertz CT molecular complexity index is 496. The molecule has 1 aromatic carbocycles. The van der Waals surface area contributed by atoms with Crippen LogP contribution in [0.4, 0.5) is 0 Å². The van der Waals surface area contributed by atoms with Crippen LogP contribution in [-0.2, 0) is 9.84 Å². The van der Waals surface area contributed by atoms with E-state index in [9.17, 15) is 8.42 Å². The lowest BCUT2D eigenvalue weighted by atomic mass is 10.2. The van der Waals surface area contributed by atoms with Crippen molar-refractivity contribution in [3.63, 3.8) is 0 Å². The molecule has 1 unspecified atom stereocenters. The van der Waals surface area contributed by atoms with Gasteiger partial charge in [-0.3, -0.25) is 0 Å². The molecule has 0 amide bonds. The van der Waals surface area contributed by atoms with Crippen molar-refractivity contribution in [2.45, 2.75) is 19.4 Å². The topological polar surface area (TPSA) is 43.4 Å². The Kier molecular flexibility index (Phi) is 3.26. The first kappa shape index (κ1) is 11.9. The lowest BCUT2D eigenvalue weighted by molar-refractivity contribution is 0.227. The van der Waals surface area contributed by atoms with Crippen LogP contribution in [0, 0.1) is 6.92 Å². The predicted molar refractivity (Wildman–Crippen MR) is 66.6 cm³/mol. The predicted octanol–water partition coefficient (Wildman–Crippen LogP) is 2.32. The van der Waals surface area contributed by atoms with Crippen molar-refractivity contribution >= 4 is 25.8 Å². The fourth-order valence-corrected chi connectivity index (χ4v) is 3.84. The summed E-state index contributed by atoms with van der Waals surface area (Å²) < 4.78 is 29.3. The van der Waals surface area contributed by atoms with Crippen LogP contribution < -0.4 is 4.74 Å². The van der Waals surface area contributed by atoms with Crippen LogP contribution in [0.3, 0.4) is 0 Å². The van der Waals surface area contributed by atoms with Gasteiger partial charge >= 0.3 is 0 Å². The van der Waals surface area contributed by atoms with Gasteiger partial charge in [0.15, 0.2) is 9.84 Å². The molecule has 0 aromatic heterocycles. The van der Waals surface area contributed by atoms with E-state index in [2.05, 4.69) is 15.9 Å². The summed E-state index contributed by atoms with van der Waals surface area (Å²) in [5.74, 6) is 1.15. The van der Waals surface area contributed by atoms with Crippen molar-refractivity contribution in [2.75, 3.05) is 11.5 Å². The van der Waals surface area contributed by atoms with Crippen LogP contribution in [-0.4, -0.2) is 26.0 Å². The van der Waals surface area contributed by atoms with E-state index in [0.717, 1.165) is 15.8 Å². The van der Waals surface area contributed by atoms with Crippen molar-refractivity contribution in [2.24, 2.45) is 0 Å². The second-order valence-corrected chi connectivity index (χ2v) is 7.20. The monoisotopic (exact) mass is 304 g/mol. The Labute approximate surface area is 104 Å². The SMILES string of the molecule is Cc1cc(Br)ccc1OC1CCS(=O)(=O)C1. The smallest absolute Gasteiger partial charge is 0.154 e. The van der Waals surface area contributed by atoms with Gasteiger partial charge in [0.1, 0.15) is 11.9 Å². The lowest BCUT2D eigenvalue weighted by Gasteiger charge is -2.14. The van der Waals surface area contributed by atoms with Crippen molar-refractivity contribution in [3.8, 4) is 5.75 Å².